The van der Waals surface area contributed by atoms with Crippen LogP contribution in [0, 0.1) is 0 Å². The standard InChI is InChI=1S/C15H21N3O2S/c1-4-8-16-15-18-17-14(21-15)10-20-12-7-6-11(5-2)9-13(12)19-3/h6-7,9H,4-5,8,10H2,1-3H3,(H,16,18). The molecule has 0 saturated heterocycles. The van der Waals surface area contributed by atoms with Crippen LogP contribution in [0.1, 0.15) is 30.8 Å². The van der Waals surface area contributed by atoms with Crippen molar-refractivity contribution in [3.63, 3.8) is 0 Å². The Morgan fingerprint density at radius 3 is 2.76 bits per heavy atom. The smallest absolute Gasteiger partial charge is 0.205 e. The molecule has 0 radical (unpaired) electrons. The molecule has 1 aromatic heterocycles. The minimum absolute atomic E-state index is 0.396. The van der Waals surface area contributed by atoms with E-state index in [1.807, 2.05) is 18.2 Å². The molecule has 114 valence electrons. The van der Waals surface area contributed by atoms with E-state index in [1.54, 1.807) is 7.11 Å². The van der Waals surface area contributed by atoms with Gasteiger partial charge in [0, 0.05) is 6.54 Å². The second kappa shape index (κ2) is 7.83. The highest BCUT2D eigenvalue weighted by Gasteiger charge is 2.08. The normalized spacial score (nSPS) is 10.4. The number of ether oxygens (including phenoxy) is 2. The van der Waals surface area contributed by atoms with Crippen LogP contribution in [0.25, 0.3) is 0 Å². The molecular weight excluding hydrogens is 286 g/mol. The van der Waals surface area contributed by atoms with Crippen molar-refractivity contribution in [2.45, 2.75) is 33.3 Å². The number of nitrogens with zero attached hydrogens (tertiary/aromatic N) is 2. The maximum absolute atomic E-state index is 5.79. The zero-order valence-corrected chi connectivity index (χ0v) is 13.5. The number of methoxy groups -OCH3 is 1. The Kier molecular flexibility index (Phi) is 5.80. The van der Waals surface area contributed by atoms with Gasteiger partial charge in [0.15, 0.2) is 16.5 Å². The Morgan fingerprint density at radius 2 is 2.05 bits per heavy atom. The molecule has 5 nitrogen and oxygen atoms in total. The topological polar surface area (TPSA) is 56.3 Å². The summed E-state index contributed by atoms with van der Waals surface area (Å²) in [5, 5.41) is 13.1. The number of anilines is 1. The Morgan fingerprint density at radius 1 is 1.19 bits per heavy atom. The zero-order valence-electron chi connectivity index (χ0n) is 12.7. The minimum Gasteiger partial charge on any atom is -0.493 e. The van der Waals surface area contributed by atoms with Crippen molar-refractivity contribution in [1.82, 2.24) is 10.2 Å². The molecule has 0 aliphatic rings. The molecular formula is C15H21N3O2S. The van der Waals surface area contributed by atoms with Gasteiger partial charge in [0.2, 0.25) is 5.13 Å². The number of benzene rings is 1. The highest BCUT2D eigenvalue weighted by atomic mass is 32.1. The maximum Gasteiger partial charge on any atom is 0.205 e. The van der Waals surface area contributed by atoms with E-state index in [2.05, 4.69) is 29.4 Å². The van der Waals surface area contributed by atoms with Gasteiger partial charge in [-0.3, -0.25) is 0 Å². The van der Waals surface area contributed by atoms with Crippen LogP contribution in [0.15, 0.2) is 18.2 Å². The van der Waals surface area contributed by atoms with E-state index < -0.39 is 0 Å². The Labute approximate surface area is 129 Å². The minimum atomic E-state index is 0.396. The van der Waals surface area contributed by atoms with Crippen molar-refractivity contribution in [1.29, 1.82) is 0 Å². The lowest BCUT2D eigenvalue weighted by molar-refractivity contribution is 0.283. The first-order valence-electron chi connectivity index (χ1n) is 7.12. The van der Waals surface area contributed by atoms with Gasteiger partial charge in [0.25, 0.3) is 0 Å². The van der Waals surface area contributed by atoms with E-state index in [4.69, 9.17) is 9.47 Å². The summed E-state index contributed by atoms with van der Waals surface area (Å²) >= 11 is 1.51. The van der Waals surface area contributed by atoms with E-state index in [9.17, 15) is 0 Å². The third-order valence-electron chi connectivity index (χ3n) is 2.98. The second-order valence-corrected chi connectivity index (χ2v) is 5.62. The molecule has 1 heterocycles. The van der Waals surface area contributed by atoms with Crippen LogP contribution >= 0.6 is 11.3 Å². The van der Waals surface area contributed by atoms with Gasteiger partial charge in [-0.05, 0) is 30.5 Å². The Hall–Kier alpha value is -1.82. The first-order valence-corrected chi connectivity index (χ1v) is 7.94. The van der Waals surface area contributed by atoms with Gasteiger partial charge in [0.05, 0.1) is 7.11 Å². The van der Waals surface area contributed by atoms with E-state index in [0.29, 0.717) is 6.61 Å². The number of aryl methyl sites for hydroxylation is 1. The molecule has 0 saturated carbocycles. The third kappa shape index (κ3) is 4.32. The van der Waals surface area contributed by atoms with Gasteiger partial charge in [-0.25, -0.2) is 0 Å². The summed E-state index contributed by atoms with van der Waals surface area (Å²) in [6.45, 7) is 5.53. The summed E-state index contributed by atoms with van der Waals surface area (Å²) in [6, 6.07) is 5.99. The highest BCUT2D eigenvalue weighted by molar-refractivity contribution is 7.15. The van der Waals surface area contributed by atoms with Crippen molar-refractivity contribution in [3.05, 3.63) is 28.8 Å². The van der Waals surface area contributed by atoms with Crippen LogP contribution in [0.3, 0.4) is 0 Å². The largest absolute Gasteiger partial charge is 0.493 e. The molecule has 1 N–H and O–H groups in total. The van der Waals surface area contributed by atoms with Crippen molar-refractivity contribution >= 4 is 16.5 Å². The van der Waals surface area contributed by atoms with Gasteiger partial charge in [-0.2, -0.15) is 0 Å². The van der Waals surface area contributed by atoms with E-state index >= 15 is 0 Å². The average Bonchev–Trinajstić information content (AvgIpc) is 2.98. The number of hydrogen-bond donors (Lipinski definition) is 1. The molecule has 1 aromatic carbocycles. The van der Waals surface area contributed by atoms with Crippen LogP contribution < -0.4 is 14.8 Å². The van der Waals surface area contributed by atoms with Crippen LogP contribution in [0.2, 0.25) is 0 Å². The van der Waals surface area contributed by atoms with Gasteiger partial charge in [-0.1, -0.05) is 31.3 Å². The number of rotatable bonds is 8. The highest BCUT2D eigenvalue weighted by Crippen LogP contribution is 2.29. The lowest BCUT2D eigenvalue weighted by Gasteiger charge is -2.10. The molecule has 0 atom stereocenters. The fourth-order valence-electron chi connectivity index (χ4n) is 1.81. The summed E-state index contributed by atoms with van der Waals surface area (Å²) in [4.78, 5) is 0. The summed E-state index contributed by atoms with van der Waals surface area (Å²) in [5.74, 6) is 1.48. The maximum atomic E-state index is 5.79. The first kappa shape index (κ1) is 15.6. The summed E-state index contributed by atoms with van der Waals surface area (Å²) in [5.41, 5.74) is 1.22. The quantitative estimate of drug-likeness (QED) is 0.809. The lowest BCUT2D eigenvalue weighted by Crippen LogP contribution is -1.98. The van der Waals surface area contributed by atoms with Crippen LogP contribution in [-0.4, -0.2) is 23.9 Å². The number of nitrogens with one attached hydrogen (secondary N) is 1. The van der Waals surface area contributed by atoms with E-state index in [-0.39, 0.29) is 0 Å². The van der Waals surface area contributed by atoms with E-state index in [1.165, 1.54) is 16.9 Å². The zero-order chi connectivity index (χ0) is 15.1. The van der Waals surface area contributed by atoms with Crippen molar-refractivity contribution in [2.75, 3.05) is 19.0 Å². The Bertz CT molecular complexity index is 572. The molecule has 0 spiro atoms. The van der Waals surface area contributed by atoms with Crippen molar-refractivity contribution < 1.29 is 9.47 Å². The Balaban J connectivity index is 1.97. The molecule has 0 bridgehead atoms. The molecule has 0 aliphatic heterocycles. The average molecular weight is 307 g/mol. The number of aromatic nitrogens is 2. The second-order valence-electron chi connectivity index (χ2n) is 4.56. The van der Waals surface area contributed by atoms with Gasteiger partial charge in [-0.15, -0.1) is 10.2 Å². The summed E-state index contributed by atoms with van der Waals surface area (Å²) in [7, 11) is 1.65. The number of hydrogen-bond acceptors (Lipinski definition) is 6. The first-order chi connectivity index (χ1) is 10.3. The van der Waals surface area contributed by atoms with Crippen molar-refractivity contribution in [2.24, 2.45) is 0 Å². The van der Waals surface area contributed by atoms with Gasteiger partial charge in [0.1, 0.15) is 6.61 Å². The summed E-state index contributed by atoms with van der Waals surface area (Å²) in [6.07, 6.45) is 2.03. The summed E-state index contributed by atoms with van der Waals surface area (Å²) < 4.78 is 11.2. The monoisotopic (exact) mass is 307 g/mol. The predicted octanol–water partition coefficient (Wildman–Crippen LogP) is 3.51. The molecule has 2 rings (SSSR count). The van der Waals surface area contributed by atoms with Gasteiger partial charge >= 0.3 is 0 Å². The molecule has 21 heavy (non-hydrogen) atoms. The third-order valence-corrected chi connectivity index (χ3v) is 3.83. The lowest BCUT2D eigenvalue weighted by atomic mass is 10.1. The predicted molar refractivity (Wildman–Crippen MR) is 85.4 cm³/mol. The van der Waals surface area contributed by atoms with Gasteiger partial charge < -0.3 is 14.8 Å². The van der Waals surface area contributed by atoms with Crippen LogP contribution in [0.4, 0.5) is 5.13 Å². The van der Waals surface area contributed by atoms with E-state index in [0.717, 1.165) is 41.0 Å². The molecule has 0 amide bonds. The molecule has 2 aromatic rings. The molecule has 0 unspecified atom stereocenters. The van der Waals surface area contributed by atoms with Crippen molar-refractivity contribution in [3.8, 4) is 11.5 Å². The SMILES string of the molecule is CCCNc1nnc(COc2ccc(CC)cc2OC)s1. The molecule has 0 fully saturated rings. The molecule has 0 aliphatic carbocycles. The van der Waals surface area contributed by atoms with Crippen LogP contribution in [0.5, 0.6) is 11.5 Å². The fourth-order valence-corrected chi connectivity index (χ4v) is 2.48. The fraction of sp³-hybridized carbons (Fsp3) is 0.467. The van der Waals surface area contributed by atoms with Crippen LogP contribution in [-0.2, 0) is 13.0 Å². The molecule has 6 heteroatoms.